The second kappa shape index (κ2) is 9.18. The summed E-state index contributed by atoms with van der Waals surface area (Å²) in [4.78, 5) is 28.4. The molecular weight excluding hydrogens is 481 g/mol. The minimum atomic E-state index is -2.83. The van der Waals surface area contributed by atoms with Crippen LogP contribution in [0.5, 0.6) is 0 Å². The molecule has 34 heavy (non-hydrogen) atoms. The molecule has 1 aromatic heterocycles. The van der Waals surface area contributed by atoms with Crippen molar-refractivity contribution in [3.63, 3.8) is 0 Å². The number of thiophene rings is 1. The molecule has 3 saturated heterocycles. The highest BCUT2D eigenvalue weighted by atomic mass is 32.2. The molecule has 11 heteroatoms. The van der Waals surface area contributed by atoms with Gasteiger partial charge in [-0.3, -0.25) is 9.69 Å². The highest BCUT2D eigenvalue weighted by Gasteiger charge is 2.40. The molecule has 182 valence electrons. The topological polar surface area (TPSA) is 96.0 Å². The molecule has 1 N–H and O–H groups in total. The van der Waals surface area contributed by atoms with E-state index in [1.807, 2.05) is 10.3 Å². The predicted octanol–water partition coefficient (Wildman–Crippen LogP) is 2.90. The van der Waals surface area contributed by atoms with Gasteiger partial charge in [-0.05, 0) is 54.3 Å². The molecular formula is C23H26FN3O5S2. The molecule has 8 nitrogen and oxygen atoms in total. The lowest BCUT2D eigenvalue weighted by Crippen LogP contribution is -2.45. The second-order valence-corrected chi connectivity index (χ2v) is 12.2. The van der Waals surface area contributed by atoms with Gasteiger partial charge >= 0.3 is 6.09 Å². The van der Waals surface area contributed by atoms with Crippen molar-refractivity contribution >= 4 is 44.5 Å². The number of carbonyl (C=O) groups is 2. The number of hydrogen-bond acceptors (Lipinski definition) is 7. The number of rotatable bonds is 6. The van der Waals surface area contributed by atoms with Crippen LogP contribution in [-0.4, -0.2) is 64.2 Å². The third kappa shape index (κ3) is 4.76. The molecule has 1 aromatic carbocycles. The van der Waals surface area contributed by atoms with Gasteiger partial charge in [-0.15, -0.1) is 11.3 Å². The van der Waals surface area contributed by atoms with E-state index in [-0.39, 0.29) is 36.4 Å². The number of halogens is 1. The molecule has 5 rings (SSSR count). The van der Waals surface area contributed by atoms with Gasteiger partial charge in [0.2, 0.25) is 0 Å². The van der Waals surface area contributed by atoms with Crippen LogP contribution >= 0.6 is 11.3 Å². The van der Waals surface area contributed by atoms with Crippen molar-refractivity contribution < 1.29 is 27.1 Å². The molecule has 4 heterocycles. The largest absolute Gasteiger partial charge is 0.442 e. The van der Waals surface area contributed by atoms with Gasteiger partial charge in [0.1, 0.15) is 11.9 Å². The monoisotopic (exact) mass is 507 g/mol. The molecule has 0 radical (unpaired) electrons. The van der Waals surface area contributed by atoms with Crippen LogP contribution in [-0.2, 0) is 14.6 Å². The molecule has 3 aliphatic heterocycles. The highest BCUT2D eigenvalue weighted by molar-refractivity contribution is 7.92. The molecule has 0 saturated carbocycles. The summed E-state index contributed by atoms with van der Waals surface area (Å²) < 4.78 is 43.3. The Hall–Kier alpha value is -2.66. The Morgan fingerprint density at radius 2 is 1.94 bits per heavy atom. The van der Waals surface area contributed by atoms with Crippen molar-refractivity contribution in [2.75, 3.05) is 47.5 Å². The van der Waals surface area contributed by atoms with Crippen LogP contribution in [0.2, 0.25) is 0 Å². The second-order valence-electron chi connectivity index (χ2n) is 9.10. The lowest BCUT2D eigenvalue weighted by atomic mass is 9.86. The van der Waals surface area contributed by atoms with E-state index >= 15 is 4.39 Å². The molecule has 0 bridgehead atoms. The van der Waals surface area contributed by atoms with Crippen LogP contribution < -0.4 is 15.1 Å². The fourth-order valence-corrected chi connectivity index (χ4v) is 7.34. The van der Waals surface area contributed by atoms with Crippen LogP contribution in [0.25, 0.3) is 0 Å². The van der Waals surface area contributed by atoms with Crippen molar-refractivity contribution in [2.24, 2.45) is 11.8 Å². The number of cyclic esters (lactones) is 1. The van der Waals surface area contributed by atoms with Crippen molar-refractivity contribution in [3.8, 4) is 0 Å². The predicted molar refractivity (Wildman–Crippen MR) is 128 cm³/mol. The average Bonchev–Trinajstić information content (AvgIpc) is 3.46. The van der Waals surface area contributed by atoms with Crippen LogP contribution in [0, 0.1) is 17.7 Å². The van der Waals surface area contributed by atoms with Gasteiger partial charge < -0.3 is 15.0 Å². The Bertz CT molecular complexity index is 1170. The summed E-state index contributed by atoms with van der Waals surface area (Å²) in [5.74, 6) is 0.547. The number of nitrogens with one attached hydrogen (secondary N) is 1. The average molecular weight is 508 g/mol. The highest BCUT2D eigenvalue weighted by Crippen LogP contribution is 2.36. The van der Waals surface area contributed by atoms with E-state index in [1.54, 1.807) is 24.3 Å². The van der Waals surface area contributed by atoms with E-state index < -0.39 is 27.9 Å². The smallest absolute Gasteiger partial charge is 0.414 e. The van der Waals surface area contributed by atoms with Crippen molar-refractivity contribution in [2.45, 2.75) is 18.9 Å². The maximum Gasteiger partial charge on any atom is 0.414 e. The Labute approximate surface area is 201 Å². The molecule has 2 aromatic rings. The fourth-order valence-electron chi connectivity index (χ4n) is 4.95. The summed E-state index contributed by atoms with van der Waals surface area (Å²) >= 11 is 1.33. The van der Waals surface area contributed by atoms with Gasteiger partial charge in [-0.1, -0.05) is 6.07 Å². The van der Waals surface area contributed by atoms with Gasteiger partial charge in [-0.25, -0.2) is 17.6 Å². The molecule has 0 spiro atoms. The zero-order chi connectivity index (χ0) is 23.9. The number of sulfone groups is 1. The third-order valence-electron chi connectivity index (χ3n) is 6.84. The van der Waals surface area contributed by atoms with Crippen LogP contribution in [0.4, 0.5) is 20.6 Å². The number of amides is 2. The number of ether oxygens (including phenoxy) is 1. The summed E-state index contributed by atoms with van der Waals surface area (Å²) in [7, 11) is -2.83. The van der Waals surface area contributed by atoms with Gasteiger partial charge in [0.15, 0.2) is 9.84 Å². The quantitative estimate of drug-likeness (QED) is 0.646. The standard InChI is InChI=1S/C23H26FN3O5S2/c24-19-10-17(27-12-18(32-23(27)29)11-25-22(28)21-2-1-9-33-21)3-4-20(19)26-7-5-15(6-8-26)16-13-34(30,31)14-16/h1-4,9-10,15-16,18H,5-8,11-14H2,(H,25,28)/t18-/m0/s1. The van der Waals surface area contributed by atoms with E-state index in [2.05, 4.69) is 5.32 Å². The van der Waals surface area contributed by atoms with E-state index in [9.17, 15) is 18.0 Å². The summed E-state index contributed by atoms with van der Waals surface area (Å²) in [6, 6.07) is 8.23. The molecule has 3 aliphatic rings. The Balaban J connectivity index is 1.16. The minimum Gasteiger partial charge on any atom is -0.442 e. The molecule has 2 amide bonds. The van der Waals surface area contributed by atoms with Crippen LogP contribution in [0.1, 0.15) is 22.5 Å². The Kier molecular flexibility index (Phi) is 6.24. The summed E-state index contributed by atoms with van der Waals surface area (Å²) in [5, 5.41) is 4.57. The summed E-state index contributed by atoms with van der Waals surface area (Å²) in [5.41, 5.74) is 0.892. The first-order valence-electron chi connectivity index (χ1n) is 11.3. The Morgan fingerprint density at radius 3 is 2.59 bits per heavy atom. The number of piperidine rings is 1. The van der Waals surface area contributed by atoms with Crippen LogP contribution in [0.15, 0.2) is 35.7 Å². The van der Waals surface area contributed by atoms with Gasteiger partial charge in [-0.2, -0.15) is 0 Å². The lowest BCUT2D eigenvalue weighted by Gasteiger charge is -2.40. The van der Waals surface area contributed by atoms with E-state index in [0.717, 1.165) is 12.8 Å². The van der Waals surface area contributed by atoms with E-state index in [1.165, 1.54) is 22.3 Å². The first-order chi connectivity index (χ1) is 16.3. The maximum absolute atomic E-state index is 15.0. The number of anilines is 2. The SMILES string of the molecule is O=C(NC[C@H]1CN(c2ccc(N3CCC(C4CS(=O)(=O)C4)CC3)c(F)c2)C(=O)O1)c1cccs1. The van der Waals surface area contributed by atoms with Crippen LogP contribution in [0.3, 0.4) is 0 Å². The molecule has 0 aliphatic carbocycles. The van der Waals surface area contributed by atoms with Gasteiger partial charge in [0.05, 0.1) is 40.8 Å². The number of hydrogen-bond donors (Lipinski definition) is 1. The lowest BCUT2D eigenvalue weighted by molar-refractivity contribution is 0.0920. The molecule has 1 atom stereocenters. The van der Waals surface area contributed by atoms with Crippen molar-refractivity contribution in [3.05, 3.63) is 46.4 Å². The first-order valence-corrected chi connectivity index (χ1v) is 14.0. The Morgan fingerprint density at radius 1 is 1.18 bits per heavy atom. The third-order valence-corrected chi connectivity index (χ3v) is 9.58. The number of carbonyl (C=O) groups excluding carboxylic acids is 2. The van der Waals surface area contributed by atoms with E-state index in [4.69, 9.17) is 4.74 Å². The fraction of sp³-hybridized carbons (Fsp3) is 0.478. The van der Waals surface area contributed by atoms with Crippen molar-refractivity contribution in [1.29, 1.82) is 0 Å². The number of nitrogens with zero attached hydrogens (tertiary/aromatic N) is 2. The van der Waals surface area contributed by atoms with E-state index in [0.29, 0.717) is 35.3 Å². The normalized spacial score (nSPS) is 23.0. The van der Waals surface area contributed by atoms with Gasteiger partial charge in [0, 0.05) is 13.1 Å². The zero-order valence-electron chi connectivity index (χ0n) is 18.5. The summed E-state index contributed by atoms with van der Waals surface area (Å²) in [6.45, 7) is 1.75. The van der Waals surface area contributed by atoms with Crippen molar-refractivity contribution in [1.82, 2.24) is 5.32 Å². The molecule has 0 unspecified atom stereocenters. The summed E-state index contributed by atoms with van der Waals surface area (Å²) in [6.07, 6.45) is 0.601. The minimum absolute atomic E-state index is 0.177. The maximum atomic E-state index is 15.0. The van der Waals surface area contributed by atoms with Gasteiger partial charge in [0.25, 0.3) is 5.91 Å². The number of benzene rings is 1. The molecule has 3 fully saturated rings. The zero-order valence-corrected chi connectivity index (χ0v) is 20.1. The first kappa shape index (κ1) is 23.1.